The number of carbonyl (C=O) groups excluding carboxylic acids is 1. The number of sulfonamides is 1. The van der Waals surface area contributed by atoms with Crippen molar-refractivity contribution in [1.82, 2.24) is 4.31 Å². The molecule has 0 aliphatic carbocycles. The Labute approximate surface area is 120 Å². The zero-order valence-electron chi connectivity index (χ0n) is 12.1. The summed E-state index contributed by atoms with van der Waals surface area (Å²) >= 11 is 0. The van der Waals surface area contributed by atoms with E-state index < -0.39 is 10.0 Å². The van der Waals surface area contributed by atoms with E-state index in [-0.39, 0.29) is 18.0 Å². The molecule has 0 saturated heterocycles. The lowest BCUT2D eigenvalue weighted by atomic mass is 10.1. The van der Waals surface area contributed by atoms with Gasteiger partial charge >= 0.3 is 0 Å². The van der Waals surface area contributed by atoms with Crippen LogP contribution in [0.3, 0.4) is 0 Å². The third-order valence-electron chi connectivity index (χ3n) is 3.10. The molecular formula is C14H21NO4S. The molecular weight excluding hydrogens is 278 g/mol. The van der Waals surface area contributed by atoms with Crippen LogP contribution in [-0.2, 0) is 10.0 Å². The molecule has 0 aromatic heterocycles. The summed E-state index contributed by atoms with van der Waals surface area (Å²) in [5.74, 6) is 0.334. The lowest BCUT2D eigenvalue weighted by Crippen LogP contribution is -2.33. The fourth-order valence-corrected chi connectivity index (χ4v) is 3.38. The van der Waals surface area contributed by atoms with Crippen molar-refractivity contribution in [2.45, 2.75) is 20.3 Å². The molecule has 5 nitrogen and oxygen atoms in total. The minimum absolute atomic E-state index is 0.00877. The molecule has 6 heteroatoms. The summed E-state index contributed by atoms with van der Waals surface area (Å²) in [6.45, 7) is 4.42. The summed E-state index contributed by atoms with van der Waals surface area (Å²) in [5.41, 5.74) is 0.501. The van der Waals surface area contributed by atoms with Gasteiger partial charge < -0.3 is 4.74 Å². The van der Waals surface area contributed by atoms with Gasteiger partial charge in [0.05, 0.1) is 12.9 Å². The Hall–Kier alpha value is -1.40. The minimum atomic E-state index is -3.35. The van der Waals surface area contributed by atoms with Crippen LogP contribution in [0, 0.1) is 0 Å². The monoisotopic (exact) mass is 299 g/mol. The van der Waals surface area contributed by atoms with Gasteiger partial charge in [0.15, 0.2) is 5.78 Å². The third-order valence-corrected chi connectivity index (χ3v) is 5.12. The molecule has 0 saturated carbocycles. The zero-order valence-corrected chi connectivity index (χ0v) is 12.9. The van der Waals surface area contributed by atoms with Crippen molar-refractivity contribution in [3.05, 3.63) is 29.8 Å². The molecule has 0 amide bonds. The van der Waals surface area contributed by atoms with E-state index in [9.17, 15) is 13.2 Å². The highest BCUT2D eigenvalue weighted by atomic mass is 32.2. The first-order valence-corrected chi connectivity index (χ1v) is 8.20. The van der Waals surface area contributed by atoms with Crippen LogP contribution < -0.4 is 4.74 Å². The van der Waals surface area contributed by atoms with Gasteiger partial charge in [0.1, 0.15) is 5.75 Å². The quantitative estimate of drug-likeness (QED) is 0.688. The summed E-state index contributed by atoms with van der Waals surface area (Å²) in [4.78, 5) is 12.0. The van der Waals surface area contributed by atoms with Gasteiger partial charge in [-0.25, -0.2) is 12.7 Å². The van der Waals surface area contributed by atoms with Crippen LogP contribution in [0.15, 0.2) is 24.3 Å². The molecule has 0 N–H and O–H groups in total. The Bertz CT molecular complexity index is 533. The highest BCUT2D eigenvalue weighted by Crippen LogP contribution is 2.13. The molecule has 0 heterocycles. The first-order chi connectivity index (χ1) is 9.44. The largest absolute Gasteiger partial charge is 0.497 e. The average molecular weight is 299 g/mol. The second-order valence-corrected chi connectivity index (χ2v) is 6.39. The van der Waals surface area contributed by atoms with E-state index in [1.54, 1.807) is 45.2 Å². The van der Waals surface area contributed by atoms with E-state index in [1.807, 2.05) is 0 Å². The highest BCUT2D eigenvalue weighted by molar-refractivity contribution is 7.89. The van der Waals surface area contributed by atoms with Gasteiger partial charge in [0, 0.05) is 25.1 Å². The first kappa shape index (κ1) is 16.7. The van der Waals surface area contributed by atoms with Crippen molar-refractivity contribution in [3.8, 4) is 5.75 Å². The van der Waals surface area contributed by atoms with Gasteiger partial charge in [-0.2, -0.15) is 0 Å². The van der Waals surface area contributed by atoms with E-state index >= 15 is 0 Å². The number of carbonyl (C=O) groups is 1. The van der Waals surface area contributed by atoms with E-state index in [1.165, 1.54) is 4.31 Å². The Morgan fingerprint density at radius 2 is 1.70 bits per heavy atom. The summed E-state index contributed by atoms with van der Waals surface area (Å²) in [6, 6.07) is 6.66. The molecule has 112 valence electrons. The minimum Gasteiger partial charge on any atom is -0.497 e. The van der Waals surface area contributed by atoms with Crippen LogP contribution in [-0.4, -0.2) is 44.5 Å². The summed E-state index contributed by atoms with van der Waals surface area (Å²) in [5, 5.41) is 0. The molecule has 0 fully saturated rings. The topological polar surface area (TPSA) is 63.7 Å². The molecule has 1 aromatic rings. The van der Waals surface area contributed by atoms with Gasteiger partial charge in [-0.05, 0) is 24.3 Å². The van der Waals surface area contributed by atoms with Crippen LogP contribution in [0.25, 0.3) is 0 Å². The molecule has 0 aliphatic rings. The molecule has 1 rings (SSSR count). The number of Topliss-reactive ketones (excluding diaryl/α,β-unsaturated/α-hetero) is 1. The standard InChI is InChI=1S/C14H21NO4S/c1-4-15(5-2)20(17,18)11-10-14(16)12-6-8-13(19-3)9-7-12/h6-9H,4-5,10-11H2,1-3H3. The lowest BCUT2D eigenvalue weighted by Gasteiger charge is -2.17. The van der Waals surface area contributed by atoms with E-state index in [2.05, 4.69) is 0 Å². The van der Waals surface area contributed by atoms with Crippen molar-refractivity contribution in [1.29, 1.82) is 0 Å². The molecule has 0 atom stereocenters. The van der Waals surface area contributed by atoms with Gasteiger partial charge in [0.2, 0.25) is 10.0 Å². The highest BCUT2D eigenvalue weighted by Gasteiger charge is 2.20. The smallest absolute Gasteiger partial charge is 0.214 e. The van der Waals surface area contributed by atoms with Crippen molar-refractivity contribution in [2.24, 2.45) is 0 Å². The molecule has 1 aromatic carbocycles. The second-order valence-electron chi connectivity index (χ2n) is 4.30. The molecule has 0 radical (unpaired) electrons. The van der Waals surface area contributed by atoms with Crippen LogP contribution in [0.2, 0.25) is 0 Å². The molecule has 0 aliphatic heterocycles. The van der Waals surface area contributed by atoms with Gasteiger partial charge in [-0.1, -0.05) is 13.8 Å². The first-order valence-electron chi connectivity index (χ1n) is 6.59. The molecule has 0 unspecified atom stereocenters. The maximum Gasteiger partial charge on any atom is 0.214 e. The normalized spacial score (nSPS) is 11.6. The van der Waals surface area contributed by atoms with Crippen LogP contribution in [0.4, 0.5) is 0 Å². The number of methoxy groups -OCH3 is 1. The lowest BCUT2D eigenvalue weighted by molar-refractivity contribution is 0.0988. The number of benzene rings is 1. The number of ketones is 1. The Balaban J connectivity index is 2.67. The SMILES string of the molecule is CCN(CC)S(=O)(=O)CCC(=O)c1ccc(OC)cc1. The van der Waals surface area contributed by atoms with Crippen molar-refractivity contribution >= 4 is 15.8 Å². The van der Waals surface area contributed by atoms with E-state index in [4.69, 9.17) is 4.74 Å². The van der Waals surface area contributed by atoms with Gasteiger partial charge in [-0.3, -0.25) is 4.79 Å². The van der Waals surface area contributed by atoms with E-state index in [0.717, 1.165) is 0 Å². The van der Waals surface area contributed by atoms with Gasteiger partial charge in [-0.15, -0.1) is 0 Å². The predicted octanol–water partition coefficient (Wildman–Crippen LogP) is 1.94. The number of hydrogen-bond donors (Lipinski definition) is 0. The zero-order chi connectivity index (χ0) is 15.2. The molecule has 20 heavy (non-hydrogen) atoms. The van der Waals surface area contributed by atoms with Crippen LogP contribution >= 0.6 is 0 Å². The molecule has 0 bridgehead atoms. The maximum absolute atomic E-state index is 12.0. The summed E-state index contributed by atoms with van der Waals surface area (Å²) < 4.78 is 30.3. The third kappa shape index (κ3) is 4.31. The number of hydrogen-bond acceptors (Lipinski definition) is 4. The number of nitrogens with zero attached hydrogens (tertiary/aromatic N) is 1. The van der Waals surface area contributed by atoms with Crippen LogP contribution in [0.1, 0.15) is 30.6 Å². The average Bonchev–Trinajstić information content (AvgIpc) is 2.46. The summed E-state index contributed by atoms with van der Waals surface area (Å²) in [6.07, 6.45) is -0.00877. The number of ether oxygens (including phenoxy) is 1. The Kier molecular flexibility index (Phi) is 6.16. The van der Waals surface area contributed by atoms with Crippen LogP contribution in [0.5, 0.6) is 5.75 Å². The Morgan fingerprint density at radius 1 is 1.15 bits per heavy atom. The van der Waals surface area contributed by atoms with Crippen molar-refractivity contribution in [3.63, 3.8) is 0 Å². The predicted molar refractivity (Wildman–Crippen MR) is 78.6 cm³/mol. The number of rotatable bonds is 8. The fourth-order valence-electron chi connectivity index (χ4n) is 1.89. The van der Waals surface area contributed by atoms with Crippen molar-refractivity contribution in [2.75, 3.05) is 26.0 Å². The van der Waals surface area contributed by atoms with Crippen molar-refractivity contribution < 1.29 is 17.9 Å². The summed E-state index contributed by atoms with van der Waals surface area (Å²) in [7, 11) is -1.80. The van der Waals surface area contributed by atoms with Gasteiger partial charge in [0.25, 0.3) is 0 Å². The second kappa shape index (κ2) is 7.40. The maximum atomic E-state index is 12.0. The fraction of sp³-hybridized carbons (Fsp3) is 0.500. The molecule has 0 spiro atoms. The van der Waals surface area contributed by atoms with E-state index in [0.29, 0.717) is 24.4 Å². The Morgan fingerprint density at radius 3 is 2.15 bits per heavy atom.